The highest BCUT2D eigenvalue weighted by atomic mass is 16.4. The molecule has 1 heterocycles. The van der Waals surface area contributed by atoms with E-state index in [2.05, 4.69) is 26.6 Å². The summed E-state index contributed by atoms with van der Waals surface area (Å²) in [6.45, 7) is 2.88. The SMILES string of the molecule is CC(C)[C@H](NC(=O)[C@H](CC(=O)O)NC(=O)[C@H](Cc1ccccc1)NC(=O)[C@@H]1CCCN1C(=O)[C@H](Cc1ccc(O)cc1)NC(=O)[C@@H](N)CC(N)=O)C(=O)N[C@@H](CC(=O)O)C(=O)N[C@@H](CCC(N)=O)C(=O)O. The van der Waals surface area contributed by atoms with Crippen molar-refractivity contribution in [3.8, 4) is 5.75 Å². The Morgan fingerprint density at radius 2 is 1.11 bits per heavy atom. The Hall–Kier alpha value is -8.16. The molecule has 9 amide bonds. The Kier molecular flexibility index (Phi) is 21.8. The van der Waals surface area contributed by atoms with E-state index in [0.29, 0.717) is 17.5 Å². The van der Waals surface area contributed by atoms with Crippen molar-refractivity contribution in [3.05, 3.63) is 65.7 Å². The fourth-order valence-electron chi connectivity index (χ4n) is 7.39. The van der Waals surface area contributed by atoms with Gasteiger partial charge in [0.05, 0.1) is 25.3 Å². The Balaban J connectivity index is 1.88. The molecule has 1 aliphatic heterocycles. The van der Waals surface area contributed by atoms with E-state index >= 15 is 0 Å². The summed E-state index contributed by atoms with van der Waals surface area (Å²) in [5.74, 6) is -14.7. The van der Waals surface area contributed by atoms with Crippen LogP contribution in [0.4, 0.5) is 0 Å². The molecule has 26 nitrogen and oxygen atoms in total. The van der Waals surface area contributed by atoms with Crippen LogP contribution < -0.4 is 49.1 Å². The maximum absolute atomic E-state index is 14.2. The summed E-state index contributed by atoms with van der Waals surface area (Å²) in [6.07, 6.45) is -3.59. The van der Waals surface area contributed by atoms with Crippen molar-refractivity contribution in [1.82, 2.24) is 36.8 Å². The summed E-state index contributed by atoms with van der Waals surface area (Å²) in [5, 5.41) is 52.5. The Labute approximate surface area is 406 Å². The minimum atomic E-state index is -1.93. The van der Waals surface area contributed by atoms with E-state index in [9.17, 15) is 78.0 Å². The van der Waals surface area contributed by atoms with Crippen molar-refractivity contribution >= 4 is 71.1 Å². The number of phenols is 1. The number of carboxylic acids is 3. The first kappa shape index (κ1) is 57.2. The van der Waals surface area contributed by atoms with Gasteiger partial charge in [0.15, 0.2) is 0 Å². The predicted octanol–water partition coefficient (Wildman–Crippen LogP) is -3.76. The number of hydrogen-bond acceptors (Lipinski definition) is 14. The van der Waals surface area contributed by atoms with Crippen LogP contribution in [0.5, 0.6) is 5.75 Å². The molecule has 2 aromatic carbocycles. The summed E-state index contributed by atoms with van der Waals surface area (Å²) in [6, 6.07) is 1.16. The van der Waals surface area contributed by atoms with Crippen LogP contribution in [0.25, 0.3) is 0 Å². The van der Waals surface area contributed by atoms with Crippen LogP contribution >= 0.6 is 0 Å². The van der Waals surface area contributed by atoms with Gasteiger partial charge in [-0.2, -0.15) is 0 Å². The van der Waals surface area contributed by atoms with Crippen LogP contribution in [0.3, 0.4) is 0 Å². The molecule has 0 aliphatic carbocycles. The molecule has 2 aromatic rings. The van der Waals surface area contributed by atoms with E-state index < -0.39 is 157 Å². The quantitative estimate of drug-likeness (QED) is 0.0389. The lowest BCUT2D eigenvalue weighted by Gasteiger charge is -2.31. The number of nitrogens with zero attached hydrogens (tertiary/aromatic N) is 1. The first-order valence-corrected chi connectivity index (χ1v) is 22.3. The number of aromatic hydroxyl groups is 1. The van der Waals surface area contributed by atoms with E-state index in [1.807, 2.05) is 5.32 Å². The Morgan fingerprint density at radius 1 is 0.606 bits per heavy atom. The smallest absolute Gasteiger partial charge is 0.326 e. The van der Waals surface area contributed by atoms with Crippen LogP contribution in [-0.4, -0.2) is 151 Å². The van der Waals surface area contributed by atoms with Gasteiger partial charge in [0.1, 0.15) is 48.0 Å². The fourth-order valence-corrected chi connectivity index (χ4v) is 7.39. The highest BCUT2D eigenvalue weighted by molar-refractivity contribution is 5.99. The maximum Gasteiger partial charge on any atom is 0.326 e. The zero-order valence-corrected chi connectivity index (χ0v) is 38.8. The van der Waals surface area contributed by atoms with Gasteiger partial charge in [0.2, 0.25) is 53.2 Å². The molecular weight excluding hydrogens is 937 g/mol. The molecule has 1 saturated heterocycles. The van der Waals surface area contributed by atoms with E-state index in [0.717, 1.165) is 0 Å². The largest absolute Gasteiger partial charge is 0.508 e. The van der Waals surface area contributed by atoms with Gasteiger partial charge in [-0.3, -0.25) is 52.7 Å². The zero-order chi connectivity index (χ0) is 53.1. The first-order valence-electron chi connectivity index (χ1n) is 22.3. The first-order chi connectivity index (χ1) is 33.4. The van der Waals surface area contributed by atoms with Crippen molar-refractivity contribution in [2.24, 2.45) is 23.1 Å². The van der Waals surface area contributed by atoms with Crippen molar-refractivity contribution in [2.45, 2.75) is 120 Å². The number of nitrogens with one attached hydrogen (secondary N) is 6. The number of benzene rings is 2. The number of nitrogens with two attached hydrogens (primary N) is 3. The fraction of sp³-hybridized carbons (Fsp3) is 0.467. The topological polar surface area (TPSA) is 439 Å². The molecule has 71 heavy (non-hydrogen) atoms. The monoisotopic (exact) mass is 996 g/mol. The van der Waals surface area contributed by atoms with Crippen molar-refractivity contribution < 1.29 is 78.0 Å². The molecule has 0 unspecified atom stereocenters. The van der Waals surface area contributed by atoms with Crippen molar-refractivity contribution in [1.29, 1.82) is 0 Å². The van der Waals surface area contributed by atoms with Gasteiger partial charge in [-0.15, -0.1) is 0 Å². The second-order valence-electron chi connectivity index (χ2n) is 17.1. The summed E-state index contributed by atoms with van der Waals surface area (Å²) in [4.78, 5) is 156. The highest BCUT2D eigenvalue weighted by Crippen LogP contribution is 2.21. The lowest BCUT2D eigenvalue weighted by molar-refractivity contribution is -0.144. The molecule has 1 aliphatic rings. The zero-order valence-electron chi connectivity index (χ0n) is 38.8. The Bertz CT molecular complexity index is 2300. The second-order valence-corrected chi connectivity index (χ2v) is 17.1. The average Bonchev–Trinajstić information content (AvgIpc) is 3.79. The molecule has 8 atom stereocenters. The number of likely N-dealkylation sites (tertiary alicyclic amines) is 1. The van der Waals surface area contributed by atoms with Crippen LogP contribution in [0.2, 0.25) is 0 Å². The van der Waals surface area contributed by atoms with Gasteiger partial charge >= 0.3 is 17.9 Å². The van der Waals surface area contributed by atoms with Gasteiger partial charge in [-0.05, 0) is 48.4 Å². The predicted molar refractivity (Wildman–Crippen MR) is 245 cm³/mol. The minimum absolute atomic E-state index is 0.0226. The molecule has 16 N–H and O–H groups in total. The summed E-state index contributed by atoms with van der Waals surface area (Å²) < 4.78 is 0. The van der Waals surface area contributed by atoms with Gasteiger partial charge in [0, 0.05) is 25.8 Å². The normalized spacial score (nSPS) is 16.1. The molecule has 0 saturated carbocycles. The summed E-state index contributed by atoms with van der Waals surface area (Å²) in [5.41, 5.74) is 17.1. The molecule has 0 radical (unpaired) electrons. The number of amides is 9. The number of carbonyl (C=O) groups excluding carboxylic acids is 9. The Morgan fingerprint density at radius 3 is 1.65 bits per heavy atom. The molecule has 0 aromatic heterocycles. The molecule has 386 valence electrons. The summed E-state index contributed by atoms with van der Waals surface area (Å²) in [7, 11) is 0. The highest BCUT2D eigenvalue weighted by Gasteiger charge is 2.41. The number of rotatable bonds is 28. The third kappa shape index (κ3) is 18.7. The van der Waals surface area contributed by atoms with E-state index in [1.165, 1.54) is 43.0 Å². The van der Waals surface area contributed by atoms with Crippen LogP contribution in [-0.2, 0) is 70.4 Å². The molecule has 0 spiro atoms. The van der Waals surface area contributed by atoms with Gasteiger partial charge < -0.3 is 74.4 Å². The van der Waals surface area contributed by atoms with Gasteiger partial charge in [-0.1, -0.05) is 56.3 Å². The van der Waals surface area contributed by atoms with E-state index in [1.54, 1.807) is 30.3 Å². The molecular formula is C45H60N10O16. The number of phenolic OH excluding ortho intramolecular Hbond substituents is 1. The van der Waals surface area contributed by atoms with Crippen LogP contribution in [0.15, 0.2) is 54.6 Å². The number of carbonyl (C=O) groups is 12. The van der Waals surface area contributed by atoms with E-state index in [4.69, 9.17) is 17.2 Å². The summed E-state index contributed by atoms with van der Waals surface area (Å²) >= 11 is 0. The van der Waals surface area contributed by atoms with Gasteiger partial charge in [-0.25, -0.2) is 4.79 Å². The lowest BCUT2D eigenvalue weighted by atomic mass is 10.0. The minimum Gasteiger partial charge on any atom is -0.508 e. The number of hydrogen-bond donors (Lipinski definition) is 13. The van der Waals surface area contributed by atoms with Crippen molar-refractivity contribution in [3.63, 3.8) is 0 Å². The third-order valence-corrected chi connectivity index (χ3v) is 11.1. The third-order valence-electron chi connectivity index (χ3n) is 11.1. The molecule has 3 rings (SSSR count). The standard InChI is InChI=1S/C45H60N10O16/c1-22(2)37(43(68)52-29(20-35(59)60)40(65)49-27(45(70)71)14-15-33(47)57)54-41(66)30(21-36(61)62)50-39(64)28(17-23-7-4-3-5-8-23)51-42(67)32-9-6-16-55(32)44(69)31(18-24-10-12-25(56)13-11-24)53-38(63)26(46)19-34(48)58/h3-5,7-8,10-13,22,26-32,37,56H,6,9,14-21,46H2,1-2H3,(H2,47,57)(H2,48,58)(H,49,65)(H,50,64)(H,51,67)(H,52,68)(H,53,63)(H,54,66)(H,59,60)(H,61,62)(H,70,71)/t26-,27-,28-,29-,30-,31-,32-,37-/m0/s1. The van der Waals surface area contributed by atoms with Crippen molar-refractivity contribution in [2.75, 3.05) is 6.54 Å². The molecule has 0 bridgehead atoms. The second kappa shape index (κ2) is 27.1. The van der Waals surface area contributed by atoms with Gasteiger partial charge in [0.25, 0.3) is 0 Å². The van der Waals surface area contributed by atoms with Crippen LogP contribution in [0, 0.1) is 5.92 Å². The number of aliphatic carboxylic acids is 3. The number of primary amides is 2. The maximum atomic E-state index is 14.2. The van der Waals surface area contributed by atoms with Crippen LogP contribution in [0.1, 0.15) is 69.9 Å². The average molecular weight is 997 g/mol. The van der Waals surface area contributed by atoms with E-state index in [-0.39, 0.29) is 31.6 Å². The molecule has 1 fully saturated rings. The number of carboxylic acid groups (broad SMARTS) is 3. The molecule has 26 heteroatoms. The lowest BCUT2D eigenvalue weighted by Crippen LogP contribution is -2.61.